The van der Waals surface area contributed by atoms with Gasteiger partial charge in [0.1, 0.15) is 5.75 Å². The van der Waals surface area contributed by atoms with Crippen molar-refractivity contribution >= 4 is 11.9 Å². The van der Waals surface area contributed by atoms with Crippen LogP contribution >= 0.6 is 0 Å². The molecule has 0 bridgehead atoms. The number of carbonyl (C=O) groups is 2. The smallest absolute Gasteiger partial charge is 0.305 e. The van der Waals surface area contributed by atoms with Crippen molar-refractivity contribution in [2.24, 2.45) is 0 Å². The monoisotopic (exact) mass is 343 g/mol. The lowest BCUT2D eigenvalue weighted by Crippen LogP contribution is -2.56. The first-order chi connectivity index (χ1) is 11.3. The van der Waals surface area contributed by atoms with E-state index in [-0.39, 0.29) is 12.2 Å². The summed E-state index contributed by atoms with van der Waals surface area (Å²) >= 11 is 0. The molecule has 2 rings (SSSR count). The van der Waals surface area contributed by atoms with Crippen molar-refractivity contribution in [3.05, 3.63) is 29.8 Å². The summed E-state index contributed by atoms with van der Waals surface area (Å²) in [5.41, 5.74) is -0.896. The first-order valence-corrected chi connectivity index (χ1v) is 7.55. The Labute approximate surface area is 137 Å². The maximum Gasteiger partial charge on any atom is 0.305 e. The molecule has 1 atom stereocenters. The second-order valence-corrected chi connectivity index (χ2v) is 5.79. The Morgan fingerprint density at radius 3 is 2.58 bits per heavy atom. The molecule has 0 aromatic heterocycles. The number of rotatable bonds is 6. The van der Waals surface area contributed by atoms with Gasteiger partial charge in [0, 0.05) is 19.3 Å². The average molecular weight is 343 g/mol. The Hall–Kier alpha value is -2.22. The van der Waals surface area contributed by atoms with Gasteiger partial charge in [0.2, 0.25) is 0 Å². The zero-order chi connectivity index (χ0) is 17.7. The van der Waals surface area contributed by atoms with Crippen LogP contribution < -0.4 is 10.1 Å². The Morgan fingerprint density at radius 1 is 1.33 bits per heavy atom. The van der Waals surface area contributed by atoms with E-state index in [1.807, 2.05) is 0 Å². The van der Waals surface area contributed by atoms with Gasteiger partial charge in [0.15, 0.2) is 17.7 Å². The van der Waals surface area contributed by atoms with E-state index in [0.717, 1.165) is 12.1 Å². The molecule has 0 radical (unpaired) electrons. The van der Waals surface area contributed by atoms with Gasteiger partial charge in [0.25, 0.3) is 5.91 Å². The number of benzene rings is 1. The van der Waals surface area contributed by atoms with Crippen LogP contribution in [0.2, 0.25) is 0 Å². The molecule has 2 N–H and O–H groups in total. The molecule has 1 aromatic carbocycles. The van der Waals surface area contributed by atoms with Crippen molar-refractivity contribution in [2.75, 3.05) is 13.2 Å². The fourth-order valence-corrected chi connectivity index (χ4v) is 2.57. The van der Waals surface area contributed by atoms with Gasteiger partial charge in [-0.15, -0.1) is 0 Å². The van der Waals surface area contributed by atoms with Crippen LogP contribution in [0.4, 0.5) is 8.78 Å². The number of carbonyl (C=O) groups excluding carboxylic acids is 1. The molecule has 8 heteroatoms. The number of halogens is 2. The summed E-state index contributed by atoms with van der Waals surface area (Å²) in [5, 5.41) is 11.8. The summed E-state index contributed by atoms with van der Waals surface area (Å²) in [7, 11) is 0. The van der Waals surface area contributed by atoms with Crippen molar-refractivity contribution in [3.8, 4) is 5.75 Å². The number of carboxylic acid groups (broad SMARTS) is 1. The van der Waals surface area contributed by atoms with Crippen molar-refractivity contribution in [1.29, 1.82) is 0 Å². The van der Waals surface area contributed by atoms with Crippen LogP contribution in [0.5, 0.6) is 5.75 Å². The van der Waals surface area contributed by atoms with Gasteiger partial charge in [-0.3, -0.25) is 9.59 Å². The lowest BCUT2D eigenvalue weighted by Gasteiger charge is -2.37. The zero-order valence-corrected chi connectivity index (χ0v) is 13.2. The summed E-state index contributed by atoms with van der Waals surface area (Å²) in [6, 6.07) is 2.96. The highest BCUT2D eigenvalue weighted by molar-refractivity contribution is 5.82. The van der Waals surface area contributed by atoms with Gasteiger partial charge in [-0.2, -0.15) is 0 Å². The fourth-order valence-electron chi connectivity index (χ4n) is 2.57. The third kappa shape index (κ3) is 4.64. The molecule has 1 saturated heterocycles. The predicted octanol–water partition coefficient (Wildman–Crippen LogP) is 1.87. The predicted molar refractivity (Wildman–Crippen MR) is 79.6 cm³/mol. The number of nitrogens with one attached hydrogen (secondary N) is 1. The molecule has 0 aliphatic carbocycles. The first-order valence-electron chi connectivity index (χ1n) is 7.55. The van der Waals surface area contributed by atoms with Crippen molar-refractivity contribution in [1.82, 2.24) is 5.32 Å². The number of hydrogen-bond donors (Lipinski definition) is 2. The van der Waals surface area contributed by atoms with Crippen LogP contribution in [-0.2, 0) is 14.3 Å². The Kier molecular flexibility index (Phi) is 5.71. The summed E-state index contributed by atoms with van der Waals surface area (Å²) < 4.78 is 36.6. The van der Waals surface area contributed by atoms with Gasteiger partial charge in [-0.05, 0) is 31.9 Å². The minimum atomic E-state index is -1.08. The van der Waals surface area contributed by atoms with E-state index in [2.05, 4.69) is 5.32 Å². The maximum absolute atomic E-state index is 13.2. The fraction of sp³-hybridized carbons (Fsp3) is 0.500. The van der Waals surface area contributed by atoms with E-state index in [4.69, 9.17) is 14.6 Å². The Morgan fingerprint density at radius 2 is 2.00 bits per heavy atom. The molecule has 1 aliphatic rings. The number of aliphatic carboxylic acids is 1. The lowest BCUT2D eigenvalue weighted by molar-refractivity contribution is -0.141. The number of hydrogen-bond acceptors (Lipinski definition) is 4. The molecule has 132 valence electrons. The summed E-state index contributed by atoms with van der Waals surface area (Å²) in [5.74, 6) is -3.63. The largest absolute Gasteiger partial charge is 0.481 e. The van der Waals surface area contributed by atoms with Gasteiger partial charge in [0.05, 0.1) is 12.0 Å². The van der Waals surface area contributed by atoms with Crippen molar-refractivity contribution < 1.29 is 33.0 Å². The molecule has 1 fully saturated rings. The third-order valence-corrected chi connectivity index (χ3v) is 3.90. The van der Waals surface area contributed by atoms with E-state index in [9.17, 15) is 18.4 Å². The minimum Gasteiger partial charge on any atom is -0.481 e. The number of amides is 1. The van der Waals surface area contributed by atoms with E-state index < -0.39 is 35.2 Å². The summed E-state index contributed by atoms with van der Waals surface area (Å²) in [6.45, 7) is 2.16. The molecule has 1 heterocycles. The second-order valence-electron chi connectivity index (χ2n) is 5.79. The quantitative estimate of drug-likeness (QED) is 0.824. The van der Waals surface area contributed by atoms with Crippen LogP contribution in [-0.4, -0.2) is 41.8 Å². The Balaban J connectivity index is 2.02. The minimum absolute atomic E-state index is 0.0100. The van der Waals surface area contributed by atoms with Crippen LogP contribution in [0.25, 0.3) is 0 Å². The number of carboxylic acids is 1. The van der Waals surface area contributed by atoms with Crippen molar-refractivity contribution in [2.45, 2.75) is 37.8 Å². The van der Waals surface area contributed by atoms with Gasteiger partial charge in [-0.1, -0.05) is 0 Å². The second kappa shape index (κ2) is 7.57. The van der Waals surface area contributed by atoms with E-state index in [1.54, 1.807) is 0 Å². The summed E-state index contributed by atoms with van der Waals surface area (Å²) in [4.78, 5) is 23.4. The molecule has 6 nitrogen and oxygen atoms in total. The number of ether oxygens (including phenoxy) is 2. The molecule has 0 saturated carbocycles. The van der Waals surface area contributed by atoms with Crippen LogP contribution in [0.15, 0.2) is 18.2 Å². The van der Waals surface area contributed by atoms with Crippen LogP contribution in [0.3, 0.4) is 0 Å². The molecular weight excluding hydrogens is 324 g/mol. The summed E-state index contributed by atoms with van der Waals surface area (Å²) in [6.07, 6.45) is -0.463. The highest BCUT2D eigenvalue weighted by atomic mass is 19.2. The molecular formula is C16H19F2NO5. The average Bonchev–Trinajstić information content (AvgIpc) is 2.50. The maximum atomic E-state index is 13.2. The van der Waals surface area contributed by atoms with E-state index in [1.165, 1.54) is 13.0 Å². The van der Waals surface area contributed by atoms with Gasteiger partial charge in [-0.25, -0.2) is 8.78 Å². The molecule has 1 aliphatic heterocycles. The third-order valence-electron chi connectivity index (χ3n) is 3.90. The highest BCUT2D eigenvalue weighted by Crippen LogP contribution is 2.25. The van der Waals surface area contributed by atoms with Crippen LogP contribution in [0, 0.1) is 11.6 Å². The standard InChI is InChI=1S/C16H19F2NO5/c1-10(24-11-2-3-12(17)13(18)8-11)15(22)19-16(9-14(20)21)4-6-23-7-5-16/h2-3,8,10H,4-7,9H2,1H3,(H,19,22)(H,20,21). The van der Waals surface area contributed by atoms with Gasteiger partial charge < -0.3 is 19.9 Å². The molecule has 24 heavy (non-hydrogen) atoms. The van der Waals surface area contributed by atoms with Gasteiger partial charge >= 0.3 is 5.97 Å². The lowest BCUT2D eigenvalue weighted by atomic mass is 9.86. The SMILES string of the molecule is CC(Oc1ccc(F)c(F)c1)C(=O)NC1(CC(=O)O)CCOCC1. The van der Waals surface area contributed by atoms with Crippen LogP contribution in [0.1, 0.15) is 26.2 Å². The Bertz CT molecular complexity index is 616. The highest BCUT2D eigenvalue weighted by Gasteiger charge is 2.37. The molecule has 1 amide bonds. The first kappa shape index (κ1) is 18.1. The molecule has 1 aromatic rings. The normalized spacial score (nSPS) is 17.8. The zero-order valence-electron chi connectivity index (χ0n) is 13.2. The van der Waals surface area contributed by atoms with E-state index in [0.29, 0.717) is 26.1 Å². The molecule has 0 spiro atoms. The molecule has 1 unspecified atom stereocenters. The topological polar surface area (TPSA) is 84.9 Å². The van der Waals surface area contributed by atoms with Crippen molar-refractivity contribution in [3.63, 3.8) is 0 Å². The van der Waals surface area contributed by atoms with E-state index >= 15 is 0 Å².